The fourth-order valence-corrected chi connectivity index (χ4v) is 4.12. The van der Waals surface area contributed by atoms with Crippen molar-refractivity contribution >= 4 is 26.6 Å². The Kier molecular flexibility index (Phi) is 3.79. The van der Waals surface area contributed by atoms with Gasteiger partial charge in [-0.1, -0.05) is 19.3 Å². The molecule has 1 aromatic heterocycles. The fourth-order valence-electron chi connectivity index (χ4n) is 3.30. The minimum Gasteiger partial charge on any atom is -0.398 e. The molecule has 1 aliphatic carbocycles. The Morgan fingerprint density at radius 2 is 1.83 bits per heavy atom. The third-order valence-corrected chi connectivity index (χ3v) is 5.54. The summed E-state index contributed by atoms with van der Waals surface area (Å²) in [6.07, 6.45) is 5.83. The smallest absolute Gasteiger partial charge is 0.316 e. The number of nitrogens with zero attached hydrogens (tertiary/aromatic N) is 1. The van der Waals surface area contributed by atoms with Gasteiger partial charge in [0, 0.05) is 12.3 Å². The van der Waals surface area contributed by atoms with Crippen LogP contribution >= 0.6 is 0 Å². The van der Waals surface area contributed by atoms with Crippen molar-refractivity contribution in [3.63, 3.8) is 0 Å². The Balaban J connectivity index is 2.35. The highest BCUT2D eigenvalue weighted by atomic mass is 32.2. The zero-order valence-corrected chi connectivity index (χ0v) is 13.6. The van der Waals surface area contributed by atoms with E-state index in [9.17, 15) is 18.0 Å². The lowest BCUT2D eigenvalue weighted by atomic mass is 9.95. The van der Waals surface area contributed by atoms with Crippen molar-refractivity contribution in [2.24, 2.45) is 0 Å². The first kappa shape index (κ1) is 15.8. The Hall–Kier alpha value is -2.09. The predicted octanol–water partition coefficient (Wildman–Crippen LogP) is 1.18. The molecule has 0 unspecified atom stereocenters. The molecule has 1 aromatic carbocycles. The van der Waals surface area contributed by atoms with Gasteiger partial charge in [0.25, 0.3) is 0 Å². The third-order valence-electron chi connectivity index (χ3n) is 4.39. The van der Waals surface area contributed by atoms with Crippen LogP contribution in [0.25, 0.3) is 11.0 Å². The Bertz CT molecular complexity index is 982. The minimum absolute atomic E-state index is 0.0468. The number of nitrogens with one attached hydrogen (secondary N) is 1. The topological polar surface area (TPSA) is 115 Å². The number of benzene rings is 1. The largest absolute Gasteiger partial charge is 0.398 e. The molecule has 0 atom stereocenters. The molecule has 0 radical (unpaired) electrons. The van der Waals surface area contributed by atoms with Crippen LogP contribution in [-0.2, 0) is 9.84 Å². The van der Waals surface area contributed by atoms with Crippen LogP contribution in [0.1, 0.15) is 38.1 Å². The number of fused-ring (bicyclic) bond motifs is 1. The summed E-state index contributed by atoms with van der Waals surface area (Å²) >= 11 is 0. The molecule has 0 amide bonds. The number of hydrogen-bond donors (Lipinski definition) is 2. The highest BCUT2D eigenvalue weighted by Crippen LogP contribution is 2.30. The Morgan fingerprint density at radius 3 is 2.43 bits per heavy atom. The van der Waals surface area contributed by atoms with E-state index >= 15 is 0 Å². The van der Waals surface area contributed by atoms with E-state index in [-0.39, 0.29) is 16.6 Å². The summed E-state index contributed by atoms with van der Waals surface area (Å²) < 4.78 is 25.1. The molecule has 8 heteroatoms. The summed E-state index contributed by atoms with van der Waals surface area (Å²) in [5.74, 6) is 0. The van der Waals surface area contributed by atoms with Crippen LogP contribution in [0.2, 0.25) is 0 Å². The summed E-state index contributed by atoms with van der Waals surface area (Å²) in [4.78, 5) is 26.7. The van der Waals surface area contributed by atoms with E-state index in [2.05, 4.69) is 4.98 Å². The second-order valence-electron chi connectivity index (χ2n) is 6.10. The molecule has 0 aliphatic heterocycles. The van der Waals surface area contributed by atoms with Crippen LogP contribution < -0.4 is 16.9 Å². The SMILES string of the molecule is CS(=O)(=O)c1cc2[nH]c(=O)c(=O)n(C3CCCCC3)c2cc1N. The van der Waals surface area contributed by atoms with Crippen molar-refractivity contribution in [1.82, 2.24) is 9.55 Å². The highest BCUT2D eigenvalue weighted by molar-refractivity contribution is 7.90. The molecule has 1 saturated carbocycles. The van der Waals surface area contributed by atoms with Crippen molar-refractivity contribution in [3.05, 3.63) is 32.8 Å². The molecule has 3 N–H and O–H groups in total. The monoisotopic (exact) mass is 337 g/mol. The summed E-state index contributed by atoms with van der Waals surface area (Å²) in [5, 5.41) is 0. The Morgan fingerprint density at radius 1 is 1.17 bits per heavy atom. The maximum Gasteiger partial charge on any atom is 0.316 e. The zero-order chi connectivity index (χ0) is 16.8. The van der Waals surface area contributed by atoms with Gasteiger partial charge < -0.3 is 10.7 Å². The number of aromatic amines is 1. The van der Waals surface area contributed by atoms with Gasteiger partial charge in [-0.3, -0.25) is 14.2 Å². The van der Waals surface area contributed by atoms with E-state index in [1.165, 1.54) is 16.7 Å². The molecule has 1 aliphatic rings. The molecule has 23 heavy (non-hydrogen) atoms. The van der Waals surface area contributed by atoms with E-state index in [0.29, 0.717) is 11.0 Å². The molecule has 0 spiro atoms. The molecule has 1 fully saturated rings. The average Bonchev–Trinajstić information content (AvgIpc) is 2.48. The van der Waals surface area contributed by atoms with Crippen molar-refractivity contribution in [2.45, 2.75) is 43.0 Å². The van der Waals surface area contributed by atoms with E-state index in [0.717, 1.165) is 38.4 Å². The summed E-state index contributed by atoms with van der Waals surface area (Å²) in [7, 11) is -3.52. The molecule has 1 heterocycles. The van der Waals surface area contributed by atoms with E-state index < -0.39 is 21.0 Å². The van der Waals surface area contributed by atoms with Crippen molar-refractivity contribution in [1.29, 1.82) is 0 Å². The van der Waals surface area contributed by atoms with Crippen LogP contribution in [0.5, 0.6) is 0 Å². The quantitative estimate of drug-likeness (QED) is 0.631. The molecule has 7 nitrogen and oxygen atoms in total. The minimum atomic E-state index is -3.52. The summed E-state index contributed by atoms with van der Waals surface area (Å²) in [6, 6.07) is 2.75. The van der Waals surface area contributed by atoms with E-state index in [1.807, 2.05) is 0 Å². The van der Waals surface area contributed by atoms with Gasteiger partial charge in [0.2, 0.25) is 0 Å². The molecule has 2 aromatic rings. The normalized spacial score (nSPS) is 16.7. The third kappa shape index (κ3) is 2.78. The molecule has 3 rings (SSSR count). The van der Waals surface area contributed by atoms with Gasteiger partial charge in [-0.15, -0.1) is 0 Å². The van der Waals surface area contributed by atoms with Crippen LogP contribution in [-0.4, -0.2) is 24.2 Å². The number of nitrogen functional groups attached to an aromatic ring is 1. The van der Waals surface area contributed by atoms with Crippen LogP contribution in [0.3, 0.4) is 0 Å². The molecule has 124 valence electrons. The number of aromatic nitrogens is 2. The highest BCUT2D eigenvalue weighted by Gasteiger charge is 2.22. The van der Waals surface area contributed by atoms with Crippen molar-refractivity contribution in [2.75, 3.05) is 12.0 Å². The lowest BCUT2D eigenvalue weighted by molar-refractivity contribution is 0.352. The van der Waals surface area contributed by atoms with Gasteiger partial charge in [0.05, 0.1) is 21.6 Å². The van der Waals surface area contributed by atoms with Gasteiger partial charge in [-0.05, 0) is 25.0 Å². The van der Waals surface area contributed by atoms with Gasteiger partial charge in [-0.2, -0.15) is 0 Å². The second-order valence-corrected chi connectivity index (χ2v) is 8.08. The standard InChI is InChI=1S/C15H19N3O4S/c1-23(21,22)13-8-11-12(7-10(13)16)18(15(20)14(19)17-11)9-5-3-2-4-6-9/h7-9H,2-6,16H2,1H3,(H,17,19). The number of sulfone groups is 1. The average molecular weight is 337 g/mol. The van der Waals surface area contributed by atoms with Gasteiger partial charge >= 0.3 is 11.1 Å². The molecular formula is C15H19N3O4S. The predicted molar refractivity (Wildman–Crippen MR) is 88.5 cm³/mol. The first-order valence-electron chi connectivity index (χ1n) is 7.57. The van der Waals surface area contributed by atoms with Gasteiger partial charge in [0.1, 0.15) is 0 Å². The fraction of sp³-hybridized carbons (Fsp3) is 0.467. The second kappa shape index (κ2) is 5.52. The van der Waals surface area contributed by atoms with Crippen LogP contribution in [0.4, 0.5) is 5.69 Å². The maximum absolute atomic E-state index is 12.3. The number of nitrogens with two attached hydrogens (primary N) is 1. The lowest BCUT2D eigenvalue weighted by Gasteiger charge is -2.25. The number of rotatable bonds is 2. The van der Waals surface area contributed by atoms with E-state index in [4.69, 9.17) is 5.73 Å². The Labute approximate surface area is 133 Å². The summed E-state index contributed by atoms with van der Waals surface area (Å²) in [6.45, 7) is 0. The van der Waals surface area contributed by atoms with Crippen molar-refractivity contribution in [3.8, 4) is 0 Å². The van der Waals surface area contributed by atoms with Crippen LogP contribution in [0.15, 0.2) is 26.6 Å². The number of anilines is 1. The van der Waals surface area contributed by atoms with Gasteiger partial charge in [0.15, 0.2) is 9.84 Å². The first-order valence-corrected chi connectivity index (χ1v) is 9.46. The molecular weight excluding hydrogens is 318 g/mol. The first-order chi connectivity index (χ1) is 10.8. The molecule has 0 bridgehead atoms. The summed E-state index contributed by atoms with van der Waals surface area (Å²) in [5.41, 5.74) is 5.39. The van der Waals surface area contributed by atoms with Crippen molar-refractivity contribution < 1.29 is 8.42 Å². The number of hydrogen-bond acceptors (Lipinski definition) is 5. The number of H-pyrrole nitrogens is 1. The van der Waals surface area contributed by atoms with Gasteiger partial charge in [-0.25, -0.2) is 8.42 Å². The van der Waals surface area contributed by atoms with E-state index in [1.54, 1.807) is 0 Å². The zero-order valence-electron chi connectivity index (χ0n) is 12.8. The maximum atomic E-state index is 12.3. The molecule has 0 saturated heterocycles. The van der Waals surface area contributed by atoms with Crippen LogP contribution in [0, 0.1) is 0 Å². The lowest BCUT2D eigenvalue weighted by Crippen LogP contribution is -2.39.